The molecule has 7 heteroatoms. The molecule has 6 nitrogen and oxygen atoms in total. The lowest BCUT2D eigenvalue weighted by Gasteiger charge is -2.12. The van der Waals surface area contributed by atoms with Crippen LogP contribution in [-0.2, 0) is 23.0 Å². The molecule has 0 aromatic heterocycles. The fourth-order valence-electron chi connectivity index (χ4n) is 0.535. The van der Waals surface area contributed by atoms with Crippen LogP contribution < -0.4 is 0 Å². The molecule has 0 unspecified atom stereocenters. The van der Waals surface area contributed by atoms with E-state index < -0.39 is 7.82 Å². The van der Waals surface area contributed by atoms with Gasteiger partial charge in [-0.3, -0.25) is 13.6 Å². The van der Waals surface area contributed by atoms with E-state index in [0.29, 0.717) is 5.71 Å². The molecule has 0 aliphatic heterocycles. The Morgan fingerprint density at radius 2 is 1.85 bits per heavy atom. The van der Waals surface area contributed by atoms with Crippen LogP contribution in [0.1, 0.15) is 6.92 Å². The number of phosphoric ester groups is 1. The summed E-state index contributed by atoms with van der Waals surface area (Å²) in [6, 6.07) is 0. The number of hydrogen-bond donors (Lipinski definition) is 0. The molecule has 0 atom stereocenters. The minimum absolute atomic E-state index is 0.0345. The molecule has 0 spiro atoms. The first kappa shape index (κ1) is 12.6. The molecule has 0 aliphatic rings. The van der Waals surface area contributed by atoms with Crippen molar-refractivity contribution >= 4 is 13.5 Å². The lowest BCUT2D eigenvalue weighted by Crippen LogP contribution is -2.05. The van der Waals surface area contributed by atoms with E-state index in [9.17, 15) is 4.57 Å². The van der Waals surface area contributed by atoms with Gasteiger partial charge in [-0.1, -0.05) is 5.16 Å². The second kappa shape index (κ2) is 6.10. The Morgan fingerprint density at radius 3 is 2.23 bits per heavy atom. The van der Waals surface area contributed by atoms with Crippen LogP contribution in [0.15, 0.2) is 5.16 Å². The van der Waals surface area contributed by atoms with Gasteiger partial charge >= 0.3 is 7.82 Å². The summed E-state index contributed by atoms with van der Waals surface area (Å²) >= 11 is 0. The molecule has 78 valence electrons. The van der Waals surface area contributed by atoms with Crippen LogP contribution in [-0.4, -0.2) is 33.6 Å². The van der Waals surface area contributed by atoms with Crippen molar-refractivity contribution < 1.29 is 23.0 Å². The molecule has 0 rings (SSSR count). The molecule has 0 aliphatic carbocycles. The van der Waals surface area contributed by atoms with E-state index in [2.05, 4.69) is 19.0 Å². The van der Waals surface area contributed by atoms with E-state index >= 15 is 0 Å². The predicted octanol–water partition coefficient (Wildman–Crippen LogP) is 1.43. The van der Waals surface area contributed by atoms with Gasteiger partial charge in [-0.25, -0.2) is 4.57 Å². The van der Waals surface area contributed by atoms with Gasteiger partial charge in [0.1, 0.15) is 7.11 Å². The first-order valence-corrected chi connectivity index (χ1v) is 4.96. The molecule has 0 aromatic carbocycles. The van der Waals surface area contributed by atoms with Gasteiger partial charge < -0.3 is 4.84 Å². The third-order valence-corrected chi connectivity index (χ3v) is 2.47. The number of nitrogens with zero attached hydrogens (tertiary/aromatic N) is 1. The fourth-order valence-corrected chi connectivity index (χ4v) is 1.24. The SMILES string of the molecule is CON=C(C)COP(=O)(OC)OC. The van der Waals surface area contributed by atoms with Gasteiger partial charge in [-0.05, 0) is 6.92 Å². The van der Waals surface area contributed by atoms with E-state index in [1.165, 1.54) is 21.3 Å². The molecule has 0 aromatic rings. The second-order valence-corrected chi connectivity index (χ2v) is 3.98. The van der Waals surface area contributed by atoms with Crippen LogP contribution in [0.25, 0.3) is 0 Å². The first-order valence-electron chi connectivity index (χ1n) is 3.50. The van der Waals surface area contributed by atoms with E-state index in [1.54, 1.807) is 6.92 Å². The summed E-state index contributed by atoms with van der Waals surface area (Å²) in [6.45, 7) is 1.70. The highest BCUT2D eigenvalue weighted by atomic mass is 31.2. The Balaban J connectivity index is 4.00. The highest BCUT2D eigenvalue weighted by Gasteiger charge is 2.22. The highest BCUT2D eigenvalue weighted by molar-refractivity contribution is 7.48. The number of oxime groups is 1. The van der Waals surface area contributed by atoms with Gasteiger partial charge in [0.25, 0.3) is 0 Å². The monoisotopic (exact) mass is 211 g/mol. The lowest BCUT2D eigenvalue weighted by atomic mass is 10.5. The summed E-state index contributed by atoms with van der Waals surface area (Å²) in [5.41, 5.74) is 0.539. The smallest absolute Gasteiger partial charge is 0.399 e. The molecule has 13 heavy (non-hydrogen) atoms. The Kier molecular flexibility index (Phi) is 5.90. The molecule has 0 saturated heterocycles. The van der Waals surface area contributed by atoms with Gasteiger partial charge in [0, 0.05) is 14.2 Å². The van der Waals surface area contributed by atoms with E-state index in [0.717, 1.165) is 0 Å². The zero-order valence-corrected chi connectivity index (χ0v) is 9.04. The first-order chi connectivity index (χ1) is 6.08. The number of rotatable bonds is 6. The van der Waals surface area contributed by atoms with E-state index in [4.69, 9.17) is 4.52 Å². The summed E-state index contributed by atoms with van der Waals surface area (Å²) in [4.78, 5) is 4.47. The normalized spacial score (nSPS) is 13.1. The van der Waals surface area contributed by atoms with Gasteiger partial charge in [0.15, 0.2) is 0 Å². The molecule has 0 bridgehead atoms. The minimum atomic E-state index is -3.40. The van der Waals surface area contributed by atoms with Crippen molar-refractivity contribution in [3.05, 3.63) is 0 Å². The van der Waals surface area contributed by atoms with Crippen molar-refractivity contribution in [3.8, 4) is 0 Å². The summed E-state index contributed by atoms with van der Waals surface area (Å²) in [7, 11) is 0.504. The average Bonchev–Trinajstić information content (AvgIpc) is 2.15. The molecular formula is C6H14NO5P. The van der Waals surface area contributed by atoms with Crippen LogP contribution in [0.3, 0.4) is 0 Å². The summed E-state index contributed by atoms with van der Waals surface area (Å²) in [5, 5.41) is 3.56. The molecule has 0 fully saturated rings. The zero-order valence-electron chi connectivity index (χ0n) is 8.14. The maximum Gasteiger partial charge on any atom is 0.474 e. The molecule has 0 radical (unpaired) electrons. The second-order valence-electron chi connectivity index (χ2n) is 2.09. The van der Waals surface area contributed by atoms with Crippen LogP contribution in [0.5, 0.6) is 0 Å². The third-order valence-electron chi connectivity index (χ3n) is 1.13. The summed E-state index contributed by atoms with van der Waals surface area (Å²) in [5.74, 6) is 0. The molecule has 0 amide bonds. The van der Waals surface area contributed by atoms with Crippen LogP contribution in [0.4, 0.5) is 0 Å². The molecule has 0 saturated carbocycles. The molecule has 0 heterocycles. The standard InChI is InChI=1S/C6H14NO5P/c1-6(7-9-2)5-12-13(8,10-3)11-4/h5H2,1-4H3. The maximum atomic E-state index is 11.3. The van der Waals surface area contributed by atoms with Crippen molar-refractivity contribution in [2.75, 3.05) is 27.9 Å². The fraction of sp³-hybridized carbons (Fsp3) is 0.833. The van der Waals surface area contributed by atoms with Crippen molar-refractivity contribution in [1.82, 2.24) is 0 Å². The third kappa shape index (κ3) is 5.00. The van der Waals surface area contributed by atoms with Gasteiger partial charge in [-0.15, -0.1) is 0 Å². The van der Waals surface area contributed by atoms with Crippen molar-refractivity contribution in [2.24, 2.45) is 5.16 Å². The van der Waals surface area contributed by atoms with Crippen molar-refractivity contribution in [3.63, 3.8) is 0 Å². The van der Waals surface area contributed by atoms with E-state index in [1.807, 2.05) is 0 Å². The molecular weight excluding hydrogens is 197 g/mol. The van der Waals surface area contributed by atoms with Gasteiger partial charge in [-0.2, -0.15) is 0 Å². The summed E-state index contributed by atoms with van der Waals surface area (Å²) < 4.78 is 25.2. The van der Waals surface area contributed by atoms with E-state index in [-0.39, 0.29) is 6.61 Å². The summed E-state index contributed by atoms with van der Waals surface area (Å²) in [6.07, 6.45) is 0. The Hall–Kier alpha value is -0.420. The molecule has 0 N–H and O–H groups in total. The number of phosphoric acid groups is 1. The van der Waals surface area contributed by atoms with Crippen molar-refractivity contribution in [1.29, 1.82) is 0 Å². The lowest BCUT2D eigenvalue weighted by molar-refractivity contribution is 0.164. The van der Waals surface area contributed by atoms with Gasteiger partial charge in [0.2, 0.25) is 0 Å². The zero-order chi connectivity index (χ0) is 10.3. The Morgan fingerprint density at radius 1 is 1.31 bits per heavy atom. The van der Waals surface area contributed by atoms with Crippen LogP contribution in [0, 0.1) is 0 Å². The minimum Gasteiger partial charge on any atom is -0.399 e. The topological polar surface area (TPSA) is 66.4 Å². The van der Waals surface area contributed by atoms with Gasteiger partial charge in [0.05, 0.1) is 12.3 Å². The Bertz CT molecular complexity index is 209. The Labute approximate surface area is 77.4 Å². The average molecular weight is 211 g/mol. The quantitative estimate of drug-likeness (QED) is 0.377. The highest BCUT2D eigenvalue weighted by Crippen LogP contribution is 2.47. The van der Waals surface area contributed by atoms with Crippen LogP contribution in [0.2, 0.25) is 0 Å². The maximum absolute atomic E-state index is 11.3. The van der Waals surface area contributed by atoms with Crippen LogP contribution >= 0.6 is 7.82 Å². The predicted molar refractivity (Wildman–Crippen MR) is 47.7 cm³/mol. The number of hydrogen-bond acceptors (Lipinski definition) is 6. The largest absolute Gasteiger partial charge is 0.474 e. The van der Waals surface area contributed by atoms with Crippen molar-refractivity contribution in [2.45, 2.75) is 6.92 Å².